The van der Waals surface area contributed by atoms with Crippen LogP contribution in [0.3, 0.4) is 0 Å². The highest BCUT2D eigenvalue weighted by atomic mass is 35.5. The summed E-state index contributed by atoms with van der Waals surface area (Å²) in [4.78, 5) is 25.7. The van der Waals surface area contributed by atoms with Crippen molar-refractivity contribution >= 4 is 34.9 Å². The number of H-pyrrole nitrogens is 2. The zero-order valence-electron chi connectivity index (χ0n) is 11.6. The molecule has 0 saturated heterocycles. The van der Waals surface area contributed by atoms with Crippen LogP contribution in [0, 0.1) is 0 Å². The summed E-state index contributed by atoms with van der Waals surface area (Å²) in [6.45, 7) is 0. The largest absolute Gasteiger partial charge is 0.318 e. The van der Waals surface area contributed by atoms with Crippen LogP contribution in [0.2, 0.25) is 10.0 Å². The number of hydrogen-bond acceptors (Lipinski definition) is 3. The van der Waals surface area contributed by atoms with Crippen molar-refractivity contribution in [3.8, 4) is 11.3 Å². The molecule has 0 aliphatic rings. The Bertz CT molecular complexity index is 913. The first-order valence-corrected chi connectivity index (χ1v) is 7.29. The molecule has 0 unspecified atom stereocenters. The lowest BCUT2D eigenvalue weighted by Gasteiger charge is -2.01. The van der Waals surface area contributed by atoms with Crippen molar-refractivity contribution in [1.29, 1.82) is 0 Å². The zero-order valence-corrected chi connectivity index (χ0v) is 13.1. The standard InChI is InChI=1S/C15H10Cl2N4O2/c16-9-4-8(5-10(17)6-9)12-7-13(21-20-12)19-15(23)11-2-1-3-14(22)18-11/h1-7H,(H,18,22)(H2,19,20,21,23). The van der Waals surface area contributed by atoms with E-state index in [-0.39, 0.29) is 11.3 Å². The summed E-state index contributed by atoms with van der Waals surface area (Å²) in [5.41, 5.74) is 1.18. The van der Waals surface area contributed by atoms with E-state index in [0.717, 1.165) is 5.56 Å². The summed E-state index contributed by atoms with van der Waals surface area (Å²) in [6.07, 6.45) is 0. The highest BCUT2D eigenvalue weighted by Crippen LogP contribution is 2.27. The molecule has 0 atom stereocenters. The number of halogens is 2. The molecule has 0 saturated carbocycles. The Balaban J connectivity index is 1.82. The SMILES string of the molecule is O=C(Nc1cc(-c2cc(Cl)cc(Cl)c2)[nH]n1)c1cccc(=O)[nH]1. The summed E-state index contributed by atoms with van der Waals surface area (Å²) in [5, 5.41) is 10.4. The lowest BCUT2D eigenvalue weighted by atomic mass is 10.1. The molecular formula is C15H10Cl2N4O2. The molecule has 1 aromatic carbocycles. The molecule has 3 rings (SSSR count). The number of amides is 1. The Morgan fingerprint density at radius 3 is 2.52 bits per heavy atom. The number of pyridine rings is 1. The van der Waals surface area contributed by atoms with E-state index in [9.17, 15) is 9.59 Å². The van der Waals surface area contributed by atoms with Crippen LogP contribution in [0.1, 0.15) is 10.5 Å². The van der Waals surface area contributed by atoms with Gasteiger partial charge < -0.3 is 10.3 Å². The molecule has 3 aromatic rings. The van der Waals surface area contributed by atoms with Gasteiger partial charge in [0.25, 0.3) is 5.91 Å². The summed E-state index contributed by atoms with van der Waals surface area (Å²) < 4.78 is 0. The third kappa shape index (κ3) is 3.61. The Morgan fingerprint density at radius 2 is 1.83 bits per heavy atom. The van der Waals surface area contributed by atoms with Crippen LogP contribution in [-0.4, -0.2) is 21.1 Å². The number of anilines is 1. The number of aromatic nitrogens is 3. The predicted octanol–water partition coefficient (Wildman–Crippen LogP) is 3.32. The summed E-state index contributed by atoms with van der Waals surface area (Å²) in [7, 11) is 0. The number of aromatic amines is 2. The Hall–Kier alpha value is -2.57. The smallest absolute Gasteiger partial charge is 0.273 e. The summed E-state index contributed by atoms with van der Waals surface area (Å²) in [5.74, 6) is -0.157. The molecule has 1 amide bonds. The van der Waals surface area contributed by atoms with Gasteiger partial charge in [0.1, 0.15) is 5.69 Å². The number of nitrogens with one attached hydrogen (secondary N) is 3. The molecule has 6 nitrogen and oxygen atoms in total. The molecular weight excluding hydrogens is 339 g/mol. The van der Waals surface area contributed by atoms with Gasteiger partial charge >= 0.3 is 0 Å². The fourth-order valence-corrected chi connectivity index (χ4v) is 2.53. The lowest BCUT2D eigenvalue weighted by Crippen LogP contribution is -2.18. The van der Waals surface area contributed by atoms with Crippen LogP contribution in [0.4, 0.5) is 5.82 Å². The zero-order chi connectivity index (χ0) is 16.4. The topological polar surface area (TPSA) is 90.6 Å². The second-order valence-electron chi connectivity index (χ2n) is 4.71. The van der Waals surface area contributed by atoms with Gasteiger partial charge in [-0.1, -0.05) is 29.3 Å². The molecule has 0 spiro atoms. The van der Waals surface area contributed by atoms with Crippen molar-refractivity contribution in [2.24, 2.45) is 0 Å². The van der Waals surface area contributed by atoms with Crippen LogP contribution >= 0.6 is 23.2 Å². The second-order valence-corrected chi connectivity index (χ2v) is 5.58. The Kier molecular flexibility index (Phi) is 4.18. The van der Waals surface area contributed by atoms with E-state index < -0.39 is 5.91 Å². The minimum absolute atomic E-state index is 0.146. The van der Waals surface area contributed by atoms with Gasteiger partial charge in [-0.2, -0.15) is 5.10 Å². The van der Waals surface area contributed by atoms with Crippen molar-refractivity contribution in [3.05, 3.63) is 68.6 Å². The molecule has 2 heterocycles. The molecule has 8 heteroatoms. The summed E-state index contributed by atoms with van der Waals surface area (Å²) in [6, 6.07) is 11.0. The van der Waals surface area contributed by atoms with Crippen molar-refractivity contribution in [1.82, 2.24) is 15.2 Å². The molecule has 116 valence electrons. The Morgan fingerprint density at radius 1 is 1.09 bits per heavy atom. The van der Waals surface area contributed by atoms with Gasteiger partial charge in [-0.05, 0) is 24.3 Å². The number of rotatable bonds is 3. The van der Waals surface area contributed by atoms with Gasteiger partial charge in [0.2, 0.25) is 5.56 Å². The maximum atomic E-state index is 12.0. The van der Waals surface area contributed by atoms with Crippen LogP contribution in [0.25, 0.3) is 11.3 Å². The van der Waals surface area contributed by atoms with Gasteiger partial charge in [0.05, 0.1) is 5.69 Å². The summed E-state index contributed by atoms with van der Waals surface area (Å²) >= 11 is 11.9. The first-order chi connectivity index (χ1) is 11.0. The molecule has 0 aliphatic carbocycles. The first-order valence-electron chi connectivity index (χ1n) is 6.54. The van der Waals surface area contributed by atoms with Gasteiger partial charge in [-0.25, -0.2) is 0 Å². The molecule has 23 heavy (non-hydrogen) atoms. The fraction of sp³-hybridized carbons (Fsp3) is 0. The van der Waals surface area contributed by atoms with E-state index in [1.54, 1.807) is 24.3 Å². The molecule has 0 aliphatic heterocycles. The third-order valence-electron chi connectivity index (χ3n) is 3.01. The van der Waals surface area contributed by atoms with Crippen molar-refractivity contribution in [2.75, 3.05) is 5.32 Å². The Labute approximate surface area is 140 Å². The maximum absolute atomic E-state index is 12.0. The first kappa shape index (κ1) is 15.3. The van der Waals surface area contributed by atoms with E-state index in [4.69, 9.17) is 23.2 Å². The van der Waals surface area contributed by atoms with E-state index in [1.165, 1.54) is 18.2 Å². The van der Waals surface area contributed by atoms with Crippen LogP contribution in [-0.2, 0) is 0 Å². The highest BCUT2D eigenvalue weighted by Gasteiger charge is 2.10. The van der Waals surface area contributed by atoms with Crippen LogP contribution in [0.15, 0.2) is 47.3 Å². The number of benzene rings is 1. The van der Waals surface area contributed by atoms with E-state index >= 15 is 0 Å². The molecule has 0 radical (unpaired) electrons. The predicted molar refractivity (Wildman–Crippen MR) is 89.1 cm³/mol. The van der Waals surface area contributed by atoms with Crippen LogP contribution < -0.4 is 10.9 Å². The van der Waals surface area contributed by atoms with E-state index in [2.05, 4.69) is 20.5 Å². The van der Waals surface area contributed by atoms with Crippen molar-refractivity contribution in [3.63, 3.8) is 0 Å². The molecule has 3 N–H and O–H groups in total. The van der Waals surface area contributed by atoms with Gasteiger partial charge in [0.15, 0.2) is 5.82 Å². The fourth-order valence-electron chi connectivity index (χ4n) is 2.01. The molecule has 0 bridgehead atoms. The monoisotopic (exact) mass is 348 g/mol. The molecule has 0 fully saturated rings. The third-order valence-corrected chi connectivity index (χ3v) is 3.44. The van der Waals surface area contributed by atoms with Crippen molar-refractivity contribution < 1.29 is 4.79 Å². The minimum atomic E-state index is -0.468. The average Bonchev–Trinajstić information content (AvgIpc) is 2.95. The van der Waals surface area contributed by atoms with E-state index in [0.29, 0.717) is 21.6 Å². The number of carbonyl (C=O) groups is 1. The lowest BCUT2D eigenvalue weighted by molar-refractivity contribution is 0.102. The van der Waals surface area contributed by atoms with Gasteiger partial charge in [0, 0.05) is 27.7 Å². The number of carbonyl (C=O) groups excluding carboxylic acids is 1. The number of hydrogen-bond donors (Lipinski definition) is 3. The van der Waals surface area contributed by atoms with Crippen LogP contribution in [0.5, 0.6) is 0 Å². The highest BCUT2D eigenvalue weighted by molar-refractivity contribution is 6.35. The maximum Gasteiger partial charge on any atom is 0.273 e. The number of nitrogens with zero attached hydrogens (tertiary/aromatic N) is 1. The van der Waals surface area contributed by atoms with E-state index in [1.807, 2.05) is 0 Å². The average molecular weight is 349 g/mol. The van der Waals surface area contributed by atoms with Gasteiger partial charge in [-0.3, -0.25) is 14.7 Å². The quantitative estimate of drug-likeness (QED) is 0.677. The van der Waals surface area contributed by atoms with Gasteiger partial charge in [-0.15, -0.1) is 0 Å². The van der Waals surface area contributed by atoms with Crippen molar-refractivity contribution in [2.45, 2.75) is 0 Å². The molecule has 2 aromatic heterocycles. The minimum Gasteiger partial charge on any atom is -0.318 e. The second kappa shape index (κ2) is 6.28. The normalized spacial score (nSPS) is 10.5.